The van der Waals surface area contributed by atoms with Crippen LogP contribution in [0.3, 0.4) is 0 Å². The van der Waals surface area contributed by atoms with Gasteiger partial charge in [0.2, 0.25) is 0 Å². The standard InChI is InChI=1S/C18H27N5O3/c1-12(2)15-10-14(21-26-15)11-20-18(25)23-7-4-13(5-8-23)16(24)17-19-6-9-22(17)3/h6,9-10,12-13,16,24H,4-5,7-8,11H2,1-3H3,(H,20,25). The molecule has 1 aliphatic rings. The van der Waals surface area contributed by atoms with E-state index in [1.54, 1.807) is 11.1 Å². The van der Waals surface area contributed by atoms with Crippen molar-refractivity contribution in [3.8, 4) is 0 Å². The highest BCUT2D eigenvalue weighted by Gasteiger charge is 2.30. The van der Waals surface area contributed by atoms with E-state index in [4.69, 9.17) is 4.52 Å². The van der Waals surface area contributed by atoms with Gasteiger partial charge in [0.15, 0.2) is 0 Å². The van der Waals surface area contributed by atoms with Crippen molar-refractivity contribution < 1.29 is 14.4 Å². The van der Waals surface area contributed by atoms with E-state index < -0.39 is 6.10 Å². The minimum atomic E-state index is -0.593. The quantitative estimate of drug-likeness (QED) is 0.851. The van der Waals surface area contributed by atoms with Crippen LogP contribution in [0, 0.1) is 5.92 Å². The Bertz CT molecular complexity index is 731. The van der Waals surface area contributed by atoms with E-state index in [-0.39, 0.29) is 17.9 Å². The minimum Gasteiger partial charge on any atom is -0.385 e. The topological polar surface area (TPSA) is 96.4 Å². The molecule has 1 fully saturated rings. The fourth-order valence-corrected chi connectivity index (χ4v) is 3.25. The Kier molecular flexibility index (Phi) is 5.61. The lowest BCUT2D eigenvalue weighted by molar-refractivity contribution is 0.0584. The van der Waals surface area contributed by atoms with Crippen molar-refractivity contribution in [3.05, 3.63) is 35.7 Å². The normalized spacial score (nSPS) is 16.9. The Morgan fingerprint density at radius 1 is 1.42 bits per heavy atom. The number of rotatable bonds is 5. The third-order valence-electron chi connectivity index (χ3n) is 4.96. The molecule has 0 spiro atoms. The maximum Gasteiger partial charge on any atom is 0.317 e. The predicted octanol–water partition coefficient (Wildman–Crippen LogP) is 2.19. The summed E-state index contributed by atoms with van der Waals surface area (Å²) in [5.74, 6) is 1.89. The Balaban J connectivity index is 1.46. The second kappa shape index (κ2) is 7.90. The predicted molar refractivity (Wildman–Crippen MR) is 95.3 cm³/mol. The number of nitrogens with one attached hydrogen (secondary N) is 1. The first-order valence-electron chi connectivity index (χ1n) is 9.09. The monoisotopic (exact) mass is 361 g/mol. The zero-order valence-electron chi connectivity index (χ0n) is 15.6. The van der Waals surface area contributed by atoms with Gasteiger partial charge in [-0.05, 0) is 18.8 Å². The van der Waals surface area contributed by atoms with Crippen LogP contribution < -0.4 is 5.32 Å². The van der Waals surface area contributed by atoms with Gasteiger partial charge < -0.3 is 24.4 Å². The Morgan fingerprint density at radius 2 is 2.15 bits per heavy atom. The second-order valence-corrected chi connectivity index (χ2v) is 7.20. The number of aliphatic hydroxyl groups excluding tert-OH is 1. The van der Waals surface area contributed by atoms with E-state index in [0.717, 1.165) is 24.3 Å². The number of hydrogen-bond acceptors (Lipinski definition) is 5. The van der Waals surface area contributed by atoms with Gasteiger partial charge in [-0.2, -0.15) is 0 Å². The van der Waals surface area contributed by atoms with Crippen LogP contribution >= 0.6 is 0 Å². The first kappa shape index (κ1) is 18.4. The Morgan fingerprint density at radius 3 is 2.73 bits per heavy atom. The summed E-state index contributed by atoms with van der Waals surface area (Å²) in [5, 5.41) is 17.4. The third kappa shape index (κ3) is 4.07. The van der Waals surface area contributed by atoms with Gasteiger partial charge in [-0.15, -0.1) is 0 Å². The molecule has 1 saturated heterocycles. The van der Waals surface area contributed by atoms with E-state index in [1.165, 1.54) is 0 Å². The van der Waals surface area contributed by atoms with Gasteiger partial charge in [0.25, 0.3) is 0 Å². The molecular weight excluding hydrogens is 334 g/mol. The summed E-state index contributed by atoms with van der Waals surface area (Å²) >= 11 is 0. The number of carbonyl (C=O) groups is 1. The van der Waals surface area contributed by atoms with Crippen LogP contribution in [0.2, 0.25) is 0 Å². The molecule has 0 aromatic carbocycles. The maximum atomic E-state index is 12.3. The molecule has 0 aliphatic carbocycles. The SMILES string of the molecule is CC(C)c1cc(CNC(=O)N2CCC(C(O)c3nccn3C)CC2)no1. The van der Waals surface area contributed by atoms with Crippen LogP contribution in [0.1, 0.15) is 56.0 Å². The molecule has 0 radical (unpaired) electrons. The van der Waals surface area contributed by atoms with Crippen LogP contribution in [0.25, 0.3) is 0 Å². The number of imidazole rings is 1. The van der Waals surface area contributed by atoms with Crippen molar-refractivity contribution in [3.63, 3.8) is 0 Å². The van der Waals surface area contributed by atoms with Crippen LogP contribution in [-0.2, 0) is 13.6 Å². The molecule has 0 bridgehead atoms. The fourth-order valence-electron chi connectivity index (χ4n) is 3.25. The second-order valence-electron chi connectivity index (χ2n) is 7.20. The van der Waals surface area contributed by atoms with Crippen molar-refractivity contribution in [2.75, 3.05) is 13.1 Å². The van der Waals surface area contributed by atoms with E-state index in [9.17, 15) is 9.90 Å². The largest absolute Gasteiger partial charge is 0.385 e. The number of aromatic nitrogens is 3. The van der Waals surface area contributed by atoms with Gasteiger partial charge in [0, 0.05) is 44.5 Å². The maximum absolute atomic E-state index is 12.3. The van der Waals surface area contributed by atoms with Crippen LogP contribution in [-0.4, -0.2) is 43.8 Å². The molecule has 8 heteroatoms. The number of amides is 2. The lowest BCUT2D eigenvalue weighted by atomic mass is 9.91. The lowest BCUT2D eigenvalue weighted by Gasteiger charge is -2.33. The number of hydrogen-bond donors (Lipinski definition) is 2. The van der Waals surface area contributed by atoms with Gasteiger partial charge in [-0.1, -0.05) is 19.0 Å². The van der Waals surface area contributed by atoms with Crippen LogP contribution in [0.5, 0.6) is 0 Å². The molecule has 3 rings (SSSR count). The average molecular weight is 361 g/mol. The van der Waals surface area contributed by atoms with E-state index in [1.807, 2.05) is 37.7 Å². The number of likely N-dealkylation sites (tertiary alicyclic amines) is 1. The molecule has 8 nitrogen and oxygen atoms in total. The van der Waals surface area contributed by atoms with Crippen molar-refractivity contribution in [2.24, 2.45) is 13.0 Å². The number of carbonyl (C=O) groups excluding carboxylic acids is 1. The molecule has 2 amide bonds. The highest BCUT2D eigenvalue weighted by Crippen LogP contribution is 2.29. The number of piperidine rings is 1. The van der Waals surface area contributed by atoms with Crippen LogP contribution in [0.15, 0.2) is 23.0 Å². The zero-order valence-corrected chi connectivity index (χ0v) is 15.6. The number of aryl methyl sites for hydroxylation is 1. The molecule has 1 unspecified atom stereocenters. The molecule has 142 valence electrons. The first-order chi connectivity index (χ1) is 12.5. The summed E-state index contributed by atoms with van der Waals surface area (Å²) in [6, 6.07) is 1.77. The molecular formula is C18H27N5O3. The van der Waals surface area contributed by atoms with Crippen molar-refractivity contribution in [2.45, 2.75) is 45.3 Å². The number of nitrogens with zero attached hydrogens (tertiary/aromatic N) is 4. The fraction of sp³-hybridized carbons (Fsp3) is 0.611. The summed E-state index contributed by atoms with van der Waals surface area (Å²) in [6.45, 7) is 5.66. The summed E-state index contributed by atoms with van der Waals surface area (Å²) < 4.78 is 7.08. The van der Waals surface area contributed by atoms with E-state index in [0.29, 0.717) is 25.5 Å². The van der Waals surface area contributed by atoms with Gasteiger partial charge in [0.05, 0.1) is 6.54 Å². The van der Waals surface area contributed by atoms with Crippen molar-refractivity contribution in [1.29, 1.82) is 0 Å². The number of aliphatic hydroxyl groups is 1. The minimum absolute atomic E-state index is 0.107. The Labute approximate surface area is 153 Å². The van der Waals surface area contributed by atoms with E-state index in [2.05, 4.69) is 15.5 Å². The van der Waals surface area contributed by atoms with Gasteiger partial charge in [-0.3, -0.25) is 0 Å². The van der Waals surface area contributed by atoms with Gasteiger partial charge >= 0.3 is 6.03 Å². The zero-order chi connectivity index (χ0) is 18.7. The summed E-state index contributed by atoms with van der Waals surface area (Å²) in [5.41, 5.74) is 0.724. The van der Waals surface area contributed by atoms with Gasteiger partial charge in [-0.25, -0.2) is 9.78 Å². The molecule has 1 atom stereocenters. The van der Waals surface area contributed by atoms with Crippen molar-refractivity contribution in [1.82, 2.24) is 24.9 Å². The van der Waals surface area contributed by atoms with Gasteiger partial charge in [0.1, 0.15) is 23.4 Å². The highest BCUT2D eigenvalue weighted by molar-refractivity contribution is 5.74. The molecule has 1 aliphatic heterocycles. The Hall–Kier alpha value is -2.35. The first-order valence-corrected chi connectivity index (χ1v) is 9.09. The highest BCUT2D eigenvalue weighted by atomic mass is 16.5. The van der Waals surface area contributed by atoms with Crippen LogP contribution in [0.4, 0.5) is 4.79 Å². The van der Waals surface area contributed by atoms with Crippen molar-refractivity contribution >= 4 is 6.03 Å². The smallest absolute Gasteiger partial charge is 0.317 e. The number of urea groups is 1. The molecule has 3 heterocycles. The summed E-state index contributed by atoms with van der Waals surface area (Å²) in [7, 11) is 1.88. The average Bonchev–Trinajstić information content (AvgIpc) is 3.28. The molecule has 2 aromatic rings. The molecule has 2 aromatic heterocycles. The summed E-state index contributed by atoms with van der Waals surface area (Å²) in [4.78, 5) is 18.4. The lowest BCUT2D eigenvalue weighted by Crippen LogP contribution is -2.45. The third-order valence-corrected chi connectivity index (χ3v) is 4.96. The van der Waals surface area contributed by atoms with E-state index >= 15 is 0 Å². The molecule has 26 heavy (non-hydrogen) atoms. The molecule has 0 saturated carbocycles. The summed E-state index contributed by atoms with van der Waals surface area (Å²) in [6.07, 6.45) is 4.43. The molecule has 2 N–H and O–H groups in total.